The van der Waals surface area contributed by atoms with Crippen LogP contribution in [0.5, 0.6) is 0 Å². The van der Waals surface area contributed by atoms with Gasteiger partial charge in [0.25, 0.3) is 0 Å². The molecule has 0 saturated heterocycles. The van der Waals surface area contributed by atoms with Gasteiger partial charge in [-0.1, -0.05) is 66.7 Å². The van der Waals surface area contributed by atoms with E-state index in [0.29, 0.717) is 0 Å². The smallest absolute Gasteiger partial charge is 0.00262 e. The normalized spacial score (nSPS) is 11.5. The summed E-state index contributed by atoms with van der Waals surface area (Å²) in [5, 5.41) is 10.9. The van der Waals surface area contributed by atoms with Gasteiger partial charge in [-0.2, -0.15) is 0 Å². The SMILES string of the molecule is Cc1cc2cccc3c4cccc5cccc(c(c1)c23)c54.O. The fourth-order valence-corrected chi connectivity index (χ4v) is 3.80. The molecule has 0 saturated carbocycles. The molecule has 0 atom stereocenters. The molecule has 22 heavy (non-hydrogen) atoms. The number of benzene rings is 5. The predicted octanol–water partition coefficient (Wildman–Crippen LogP) is 5.22. The lowest BCUT2D eigenvalue weighted by Gasteiger charge is -2.14. The second kappa shape index (κ2) is 4.43. The standard InChI is InChI=1S/C21H14.H2O/c1-13-11-15-7-4-9-17-16-8-2-5-14-6-3-10-18(20(14)16)19(12-13)21(15)17;/h2-12H,1H3;1H2. The first-order chi connectivity index (χ1) is 10.3. The van der Waals surface area contributed by atoms with Crippen molar-refractivity contribution in [1.29, 1.82) is 0 Å². The Balaban J connectivity index is 0.00000125. The molecule has 1 heteroatoms. The van der Waals surface area contributed by atoms with Gasteiger partial charge in [0.2, 0.25) is 0 Å². The fourth-order valence-electron chi connectivity index (χ4n) is 3.80. The molecule has 0 aliphatic rings. The highest BCUT2D eigenvalue weighted by molar-refractivity contribution is 6.32. The van der Waals surface area contributed by atoms with Crippen LogP contribution in [-0.4, -0.2) is 5.48 Å². The molecule has 0 bridgehead atoms. The van der Waals surface area contributed by atoms with Gasteiger partial charge in [-0.05, 0) is 55.6 Å². The summed E-state index contributed by atoms with van der Waals surface area (Å²) in [6.07, 6.45) is 0. The highest BCUT2D eigenvalue weighted by atomic mass is 16.0. The van der Waals surface area contributed by atoms with E-state index < -0.39 is 0 Å². The maximum atomic E-state index is 2.33. The molecule has 0 aliphatic heterocycles. The van der Waals surface area contributed by atoms with Gasteiger partial charge in [0.05, 0.1) is 0 Å². The first-order valence-corrected chi connectivity index (χ1v) is 7.39. The van der Waals surface area contributed by atoms with Crippen LogP contribution in [0.3, 0.4) is 0 Å². The summed E-state index contributed by atoms with van der Waals surface area (Å²) >= 11 is 0. The minimum atomic E-state index is 0. The van der Waals surface area contributed by atoms with Gasteiger partial charge in [0.1, 0.15) is 0 Å². The van der Waals surface area contributed by atoms with Crippen LogP contribution in [0.1, 0.15) is 5.56 Å². The summed E-state index contributed by atoms with van der Waals surface area (Å²) in [6, 6.07) is 24.5. The van der Waals surface area contributed by atoms with Crippen LogP contribution in [0.4, 0.5) is 0 Å². The first-order valence-electron chi connectivity index (χ1n) is 7.39. The maximum absolute atomic E-state index is 2.33. The predicted molar refractivity (Wildman–Crippen MR) is 96.0 cm³/mol. The van der Waals surface area contributed by atoms with Gasteiger partial charge in [-0.15, -0.1) is 0 Å². The van der Waals surface area contributed by atoms with Gasteiger partial charge in [0, 0.05) is 0 Å². The maximum Gasteiger partial charge on any atom is -0.00262 e. The highest BCUT2D eigenvalue weighted by Gasteiger charge is 2.12. The molecule has 0 radical (unpaired) electrons. The summed E-state index contributed by atoms with van der Waals surface area (Å²) in [5.41, 5.74) is 1.33. The molecule has 0 aliphatic carbocycles. The van der Waals surface area contributed by atoms with Gasteiger partial charge in [0.15, 0.2) is 0 Å². The highest BCUT2D eigenvalue weighted by Crippen LogP contribution is 2.40. The zero-order valence-corrected chi connectivity index (χ0v) is 12.4. The van der Waals surface area contributed by atoms with Crippen LogP contribution >= 0.6 is 0 Å². The molecule has 0 fully saturated rings. The van der Waals surface area contributed by atoms with Crippen LogP contribution in [0, 0.1) is 6.92 Å². The monoisotopic (exact) mass is 284 g/mol. The quantitative estimate of drug-likeness (QED) is 0.276. The van der Waals surface area contributed by atoms with Crippen LogP contribution in [0.2, 0.25) is 0 Å². The summed E-state index contributed by atoms with van der Waals surface area (Å²) in [5.74, 6) is 0. The van der Waals surface area contributed by atoms with Crippen molar-refractivity contribution in [2.75, 3.05) is 0 Å². The summed E-state index contributed by atoms with van der Waals surface area (Å²) < 4.78 is 0. The van der Waals surface area contributed by atoms with Crippen LogP contribution in [0.25, 0.3) is 43.1 Å². The summed E-state index contributed by atoms with van der Waals surface area (Å²) in [7, 11) is 0. The lowest BCUT2D eigenvalue weighted by atomic mass is 9.89. The van der Waals surface area contributed by atoms with Crippen LogP contribution in [-0.2, 0) is 0 Å². The van der Waals surface area contributed by atoms with E-state index in [4.69, 9.17) is 0 Å². The van der Waals surface area contributed by atoms with E-state index in [0.717, 1.165) is 0 Å². The first kappa shape index (κ1) is 13.1. The topological polar surface area (TPSA) is 31.5 Å². The van der Waals surface area contributed by atoms with E-state index in [2.05, 4.69) is 73.7 Å². The minimum Gasteiger partial charge on any atom is -0.412 e. The number of rotatable bonds is 0. The molecule has 5 aromatic carbocycles. The van der Waals surface area contributed by atoms with Crippen molar-refractivity contribution < 1.29 is 5.48 Å². The fraction of sp³-hybridized carbons (Fsp3) is 0.0476. The number of hydrogen-bond acceptors (Lipinski definition) is 0. The molecule has 0 spiro atoms. The van der Waals surface area contributed by atoms with Crippen molar-refractivity contribution in [3.05, 3.63) is 72.3 Å². The Labute approximate surface area is 128 Å². The zero-order valence-electron chi connectivity index (χ0n) is 12.4. The van der Waals surface area contributed by atoms with E-state index in [1.165, 1.54) is 48.7 Å². The molecule has 0 amide bonds. The van der Waals surface area contributed by atoms with Crippen LogP contribution < -0.4 is 0 Å². The Hall–Kier alpha value is -2.64. The van der Waals surface area contributed by atoms with Crippen molar-refractivity contribution in [2.24, 2.45) is 0 Å². The Morgan fingerprint density at radius 2 is 1.05 bits per heavy atom. The molecule has 0 unspecified atom stereocenters. The lowest BCUT2D eigenvalue weighted by molar-refractivity contribution is 0.824. The molecule has 5 rings (SSSR count). The Bertz CT molecular complexity index is 1130. The van der Waals surface area contributed by atoms with E-state index in [1.54, 1.807) is 0 Å². The second-order valence-corrected chi connectivity index (χ2v) is 5.93. The molecule has 5 aromatic rings. The Kier molecular flexibility index (Phi) is 2.63. The number of fused-ring (bicyclic) bond motifs is 2. The molecule has 1 nitrogen and oxygen atoms in total. The molecule has 2 N–H and O–H groups in total. The largest absolute Gasteiger partial charge is 0.412 e. The van der Waals surface area contributed by atoms with Crippen molar-refractivity contribution >= 4 is 43.1 Å². The van der Waals surface area contributed by atoms with Gasteiger partial charge in [-0.25, -0.2) is 0 Å². The Morgan fingerprint density at radius 3 is 1.68 bits per heavy atom. The molecular formula is C21H16O. The van der Waals surface area contributed by atoms with Crippen molar-refractivity contribution in [3.8, 4) is 0 Å². The Morgan fingerprint density at radius 1 is 0.545 bits per heavy atom. The molecular weight excluding hydrogens is 268 g/mol. The van der Waals surface area contributed by atoms with Crippen molar-refractivity contribution in [2.45, 2.75) is 6.92 Å². The van der Waals surface area contributed by atoms with Crippen molar-refractivity contribution in [1.82, 2.24) is 0 Å². The van der Waals surface area contributed by atoms with Crippen molar-refractivity contribution in [3.63, 3.8) is 0 Å². The third-order valence-electron chi connectivity index (χ3n) is 4.61. The van der Waals surface area contributed by atoms with E-state index in [9.17, 15) is 0 Å². The molecule has 106 valence electrons. The summed E-state index contributed by atoms with van der Waals surface area (Å²) in [6.45, 7) is 2.18. The number of hydrogen-bond donors (Lipinski definition) is 0. The third-order valence-corrected chi connectivity index (χ3v) is 4.61. The third kappa shape index (κ3) is 1.52. The van der Waals surface area contributed by atoms with Crippen LogP contribution in [0.15, 0.2) is 66.7 Å². The molecule has 0 heterocycles. The van der Waals surface area contributed by atoms with E-state index >= 15 is 0 Å². The second-order valence-electron chi connectivity index (χ2n) is 5.93. The van der Waals surface area contributed by atoms with Gasteiger partial charge >= 0.3 is 0 Å². The van der Waals surface area contributed by atoms with E-state index in [-0.39, 0.29) is 5.48 Å². The zero-order chi connectivity index (χ0) is 14.0. The van der Waals surface area contributed by atoms with Gasteiger partial charge in [-0.3, -0.25) is 0 Å². The summed E-state index contributed by atoms with van der Waals surface area (Å²) in [4.78, 5) is 0. The van der Waals surface area contributed by atoms with Gasteiger partial charge < -0.3 is 5.48 Å². The lowest BCUT2D eigenvalue weighted by Crippen LogP contribution is -1.87. The minimum absolute atomic E-state index is 0. The average molecular weight is 284 g/mol. The average Bonchev–Trinajstić information content (AvgIpc) is 2.51. The molecule has 0 aromatic heterocycles. The number of aryl methyl sites for hydroxylation is 1. The van der Waals surface area contributed by atoms with E-state index in [1.807, 2.05) is 0 Å².